The third-order valence-corrected chi connectivity index (χ3v) is 5.83. The second-order valence-corrected chi connectivity index (χ2v) is 7.44. The maximum absolute atomic E-state index is 12.6. The Morgan fingerprint density at radius 1 is 1.38 bits per heavy atom. The van der Waals surface area contributed by atoms with E-state index < -0.39 is 12.0 Å². The molecule has 0 aromatic carbocycles. The van der Waals surface area contributed by atoms with Crippen molar-refractivity contribution in [2.24, 2.45) is 11.3 Å². The van der Waals surface area contributed by atoms with Crippen LogP contribution in [0.4, 0.5) is 0 Å². The summed E-state index contributed by atoms with van der Waals surface area (Å²) in [7, 11) is 1.30. The van der Waals surface area contributed by atoms with Crippen LogP contribution in [0, 0.1) is 11.3 Å². The molecule has 3 N–H and O–H groups in total. The first kappa shape index (κ1) is 17.2. The highest BCUT2D eigenvalue weighted by atomic mass is 16.5. The van der Waals surface area contributed by atoms with Crippen molar-refractivity contribution in [2.75, 3.05) is 20.2 Å². The highest BCUT2D eigenvalue weighted by Crippen LogP contribution is 2.44. The molecule has 1 aliphatic carbocycles. The van der Waals surface area contributed by atoms with E-state index in [0.29, 0.717) is 19.4 Å². The van der Waals surface area contributed by atoms with Gasteiger partial charge in [-0.15, -0.1) is 0 Å². The largest absolute Gasteiger partial charge is 0.467 e. The Labute approximate surface area is 142 Å². The van der Waals surface area contributed by atoms with E-state index in [1.807, 2.05) is 0 Å². The Morgan fingerprint density at radius 3 is 2.75 bits per heavy atom. The summed E-state index contributed by atoms with van der Waals surface area (Å²) in [5, 5.41) is 8.88. The molecule has 3 fully saturated rings. The number of nitrogens with one attached hydrogen (secondary N) is 3. The number of carbonyl (C=O) groups excluding carboxylic acids is 3. The number of hydrogen-bond donors (Lipinski definition) is 3. The molecule has 1 spiro atoms. The van der Waals surface area contributed by atoms with Crippen LogP contribution >= 0.6 is 0 Å². The summed E-state index contributed by atoms with van der Waals surface area (Å²) in [6, 6.07) is -1.02. The fourth-order valence-corrected chi connectivity index (χ4v) is 4.39. The minimum Gasteiger partial charge on any atom is -0.467 e. The van der Waals surface area contributed by atoms with E-state index in [9.17, 15) is 14.4 Å². The fraction of sp³-hybridized carbons (Fsp3) is 0.824. The van der Waals surface area contributed by atoms with Crippen LogP contribution in [0.1, 0.15) is 44.9 Å². The maximum Gasteiger partial charge on any atom is 0.328 e. The molecular weight excluding hydrogens is 310 g/mol. The summed E-state index contributed by atoms with van der Waals surface area (Å²) in [5.74, 6) is -0.946. The van der Waals surface area contributed by atoms with Crippen molar-refractivity contribution in [1.29, 1.82) is 0 Å². The lowest BCUT2D eigenvalue weighted by Gasteiger charge is -2.22. The number of hydrogen-bond acceptors (Lipinski definition) is 5. The van der Waals surface area contributed by atoms with Crippen molar-refractivity contribution < 1.29 is 19.1 Å². The number of esters is 1. The molecule has 2 heterocycles. The van der Waals surface area contributed by atoms with Gasteiger partial charge in [0, 0.05) is 19.0 Å². The lowest BCUT2D eigenvalue weighted by atomic mass is 9.84. The summed E-state index contributed by atoms with van der Waals surface area (Å²) in [6.07, 6.45) is 6.62. The molecule has 2 saturated heterocycles. The molecule has 0 bridgehead atoms. The van der Waals surface area contributed by atoms with E-state index >= 15 is 0 Å². The van der Waals surface area contributed by atoms with Crippen LogP contribution in [0.5, 0.6) is 0 Å². The van der Waals surface area contributed by atoms with Gasteiger partial charge in [0.05, 0.1) is 13.2 Å². The Bertz CT molecular complexity index is 516. The molecule has 7 nitrogen and oxygen atoms in total. The first-order valence-electron chi connectivity index (χ1n) is 8.92. The fourth-order valence-electron chi connectivity index (χ4n) is 4.39. The summed E-state index contributed by atoms with van der Waals surface area (Å²) in [6.45, 7) is 1.50. The quantitative estimate of drug-likeness (QED) is 0.618. The van der Waals surface area contributed by atoms with Gasteiger partial charge in [-0.05, 0) is 37.5 Å². The van der Waals surface area contributed by atoms with Gasteiger partial charge >= 0.3 is 5.97 Å². The number of methoxy groups -OCH3 is 1. The van der Waals surface area contributed by atoms with Crippen molar-refractivity contribution in [3.8, 4) is 0 Å². The van der Waals surface area contributed by atoms with Crippen LogP contribution in [-0.2, 0) is 19.1 Å². The Kier molecular flexibility index (Phi) is 5.08. The van der Waals surface area contributed by atoms with Gasteiger partial charge in [-0.2, -0.15) is 0 Å². The Hall–Kier alpha value is -1.63. The number of ether oxygens (including phenoxy) is 1. The van der Waals surface area contributed by atoms with E-state index in [-0.39, 0.29) is 29.2 Å². The standard InChI is InChI=1S/C17H27N3O4/c1-24-16(23)12(8-11-4-7-18-14(11)21)20-15(22)13-9-17(10-19-13)5-2-3-6-17/h11-13,19H,2-10H2,1H3,(H,18,21)(H,20,22). The molecule has 134 valence electrons. The lowest BCUT2D eigenvalue weighted by Crippen LogP contribution is -2.49. The van der Waals surface area contributed by atoms with Gasteiger partial charge in [0.1, 0.15) is 6.04 Å². The van der Waals surface area contributed by atoms with Crippen molar-refractivity contribution in [1.82, 2.24) is 16.0 Å². The predicted molar refractivity (Wildman–Crippen MR) is 87.0 cm³/mol. The maximum atomic E-state index is 12.6. The zero-order valence-corrected chi connectivity index (χ0v) is 14.2. The second kappa shape index (κ2) is 7.09. The molecule has 0 radical (unpaired) electrons. The molecule has 3 aliphatic rings. The predicted octanol–water partition coefficient (Wildman–Crippen LogP) is 0.0927. The van der Waals surface area contributed by atoms with Crippen LogP contribution < -0.4 is 16.0 Å². The van der Waals surface area contributed by atoms with Gasteiger partial charge in [-0.25, -0.2) is 4.79 Å². The van der Waals surface area contributed by atoms with Crippen LogP contribution in [0.2, 0.25) is 0 Å². The number of carbonyl (C=O) groups is 3. The molecule has 0 aromatic heterocycles. The van der Waals surface area contributed by atoms with Gasteiger partial charge < -0.3 is 20.7 Å². The van der Waals surface area contributed by atoms with Crippen molar-refractivity contribution in [3.05, 3.63) is 0 Å². The minimum absolute atomic E-state index is 0.0537. The summed E-state index contributed by atoms with van der Waals surface area (Å²) >= 11 is 0. The number of rotatable bonds is 5. The van der Waals surface area contributed by atoms with E-state index in [0.717, 1.165) is 13.0 Å². The van der Waals surface area contributed by atoms with Gasteiger partial charge in [-0.1, -0.05) is 12.8 Å². The Balaban J connectivity index is 1.58. The van der Waals surface area contributed by atoms with E-state index in [1.165, 1.54) is 32.8 Å². The monoisotopic (exact) mass is 337 g/mol. The SMILES string of the molecule is COC(=O)C(CC1CCNC1=O)NC(=O)C1CC2(CCCC2)CN1. The van der Waals surface area contributed by atoms with Gasteiger partial charge in [-0.3, -0.25) is 9.59 Å². The smallest absolute Gasteiger partial charge is 0.328 e. The van der Waals surface area contributed by atoms with Crippen molar-refractivity contribution >= 4 is 17.8 Å². The molecule has 1 saturated carbocycles. The van der Waals surface area contributed by atoms with E-state index in [1.54, 1.807) is 0 Å². The first-order valence-corrected chi connectivity index (χ1v) is 8.92. The van der Waals surface area contributed by atoms with Crippen LogP contribution in [0.3, 0.4) is 0 Å². The topological polar surface area (TPSA) is 96.5 Å². The van der Waals surface area contributed by atoms with E-state index in [4.69, 9.17) is 4.74 Å². The highest BCUT2D eigenvalue weighted by Gasteiger charge is 2.44. The second-order valence-electron chi connectivity index (χ2n) is 7.44. The van der Waals surface area contributed by atoms with Gasteiger partial charge in [0.2, 0.25) is 11.8 Å². The summed E-state index contributed by atoms with van der Waals surface area (Å²) in [5.41, 5.74) is 0.258. The van der Waals surface area contributed by atoms with Crippen LogP contribution in [-0.4, -0.2) is 50.1 Å². The normalized spacial score (nSPS) is 29.5. The lowest BCUT2D eigenvalue weighted by molar-refractivity contribution is -0.146. The van der Waals surface area contributed by atoms with E-state index in [2.05, 4.69) is 16.0 Å². The molecule has 2 aliphatic heterocycles. The molecule has 2 amide bonds. The number of amides is 2. The third kappa shape index (κ3) is 3.55. The highest BCUT2D eigenvalue weighted by molar-refractivity contribution is 5.88. The molecule has 7 heteroatoms. The zero-order chi connectivity index (χ0) is 17.2. The van der Waals surface area contributed by atoms with Crippen molar-refractivity contribution in [2.45, 2.75) is 57.0 Å². The Morgan fingerprint density at radius 2 is 2.12 bits per heavy atom. The van der Waals surface area contributed by atoms with Gasteiger partial charge in [0.15, 0.2) is 0 Å². The third-order valence-electron chi connectivity index (χ3n) is 5.83. The van der Waals surface area contributed by atoms with Gasteiger partial charge in [0.25, 0.3) is 0 Å². The van der Waals surface area contributed by atoms with Crippen molar-refractivity contribution in [3.63, 3.8) is 0 Å². The van der Waals surface area contributed by atoms with Crippen LogP contribution in [0.15, 0.2) is 0 Å². The summed E-state index contributed by atoms with van der Waals surface area (Å²) in [4.78, 5) is 36.4. The molecule has 3 unspecified atom stereocenters. The molecular formula is C17H27N3O4. The molecule has 3 rings (SSSR count). The zero-order valence-electron chi connectivity index (χ0n) is 14.2. The average Bonchev–Trinajstić information content (AvgIpc) is 3.30. The molecule has 3 atom stereocenters. The summed E-state index contributed by atoms with van der Waals surface area (Å²) < 4.78 is 4.81. The minimum atomic E-state index is -0.765. The molecule has 24 heavy (non-hydrogen) atoms. The molecule has 0 aromatic rings. The van der Waals surface area contributed by atoms with Crippen LogP contribution in [0.25, 0.3) is 0 Å². The first-order chi connectivity index (χ1) is 11.5. The average molecular weight is 337 g/mol.